The number of anilines is 3. The molecular formula is C22H16Cl2N6O2S. The molecule has 0 spiro atoms. The van der Waals surface area contributed by atoms with Gasteiger partial charge in [0.1, 0.15) is 17.1 Å². The lowest BCUT2D eigenvalue weighted by molar-refractivity contribution is 0.102. The smallest absolute Gasteiger partial charge is 0.258 e. The first-order chi connectivity index (χ1) is 16.0. The second-order valence-electron chi connectivity index (χ2n) is 7.20. The first kappa shape index (κ1) is 21.4. The third-order valence-electron chi connectivity index (χ3n) is 5.11. The number of nitrogens with zero attached hydrogens (tertiary/aromatic N) is 3. The summed E-state index contributed by atoms with van der Waals surface area (Å²) in [5.41, 5.74) is 3.66. The Balaban J connectivity index is 1.48. The fraction of sp³-hybridized carbons (Fsp3) is 0.0909. The van der Waals surface area contributed by atoms with E-state index in [9.17, 15) is 4.79 Å². The second-order valence-corrected chi connectivity index (χ2v) is 8.83. The number of hydrogen-bond donors (Lipinski definition) is 3. The molecule has 0 aliphatic carbocycles. The van der Waals surface area contributed by atoms with E-state index in [2.05, 4.69) is 30.8 Å². The number of rotatable bonds is 5. The van der Waals surface area contributed by atoms with Gasteiger partial charge >= 0.3 is 0 Å². The molecule has 0 saturated carbocycles. The molecule has 3 aromatic heterocycles. The van der Waals surface area contributed by atoms with Crippen molar-refractivity contribution in [2.75, 3.05) is 17.7 Å². The van der Waals surface area contributed by atoms with Gasteiger partial charge in [-0.3, -0.25) is 9.89 Å². The van der Waals surface area contributed by atoms with Gasteiger partial charge in [0, 0.05) is 16.5 Å². The van der Waals surface area contributed by atoms with Crippen LogP contribution in [0.25, 0.3) is 21.1 Å². The van der Waals surface area contributed by atoms with Crippen molar-refractivity contribution in [3.05, 3.63) is 63.3 Å². The molecule has 0 saturated heterocycles. The number of aromatic nitrogens is 4. The number of H-pyrrole nitrogens is 1. The van der Waals surface area contributed by atoms with Crippen molar-refractivity contribution in [1.29, 1.82) is 0 Å². The van der Waals surface area contributed by atoms with Gasteiger partial charge in [0.05, 0.1) is 45.3 Å². The van der Waals surface area contributed by atoms with Crippen molar-refractivity contribution in [3.8, 4) is 5.75 Å². The molecule has 166 valence electrons. The molecule has 0 unspecified atom stereocenters. The zero-order chi connectivity index (χ0) is 23.1. The van der Waals surface area contributed by atoms with Crippen LogP contribution in [0.4, 0.5) is 17.2 Å². The summed E-state index contributed by atoms with van der Waals surface area (Å²) in [6.45, 7) is 1.81. The van der Waals surface area contributed by atoms with Gasteiger partial charge in [-0.1, -0.05) is 23.2 Å². The molecule has 8 nitrogen and oxygen atoms in total. The summed E-state index contributed by atoms with van der Waals surface area (Å²) in [4.78, 5) is 21.8. The van der Waals surface area contributed by atoms with Crippen molar-refractivity contribution < 1.29 is 9.53 Å². The number of aryl methyl sites for hydroxylation is 1. The Kier molecular flexibility index (Phi) is 5.53. The fourth-order valence-electron chi connectivity index (χ4n) is 3.43. The maximum Gasteiger partial charge on any atom is 0.258 e. The Morgan fingerprint density at radius 3 is 2.85 bits per heavy atom. The number of hydrogen-bond acceptors (Lipinski definition) is 7. The molecule has 11 heteroatoms. The van der Waals surface area contributed by atoms with E-state index in [0.717, 1.165) is 26.9 Å². The number of carbonyl (C=O) groups excluding carboxylic acids is 1. The Morgan fingerprint density at radius 1 is 1.18 bits per heavy atom. The molecule has 33 heavy (non-hydrogen) atoms. The van der Waals surface area contributed by atoms with Crippen LogP contribution in [0.5, 0.6) is 5.75 Å². The molecule has 0 fully saturated rings. The summed E-state index contributed by atoms with van der Waals surface area (Å²) in [7, 11) is 1.50. The zero-order valence-corrected chi connectivity index (χ0v) is 19.7. The summed E-state index contributed by atoms with van der Waals surface area (Å²) in [6, 6.07) is 7.54. The minimum Gasteiger partial charge on any atom is -0.495 e. The molecule has 5 aromatic rings. The average Bonchev–Trinajstić information content (AvgIpc) is 3.46. The normalized spacial score (nSPS) is 11.2. The Hall–Kier alpha value is -3.40. The van der Waals surface area contributed by atoms with Crippen LogP contribution in [0, 0.1) is 6.92 Å². The first-order valence-corrected chi connectivity index (χ1v) is 11.4. The molecule has 5 rings (SSSR count). The highest BCUT2D eigenvalue weighted by Crippen LogP contribution is 2.41. The molecule has 0 atom stereocenters. The molecule has 0 aliphatic heterocycles. The lowest BCUT2D eigenvalue weighted by Crippen LogP contribution is -2.13. The van der Waals surface area contributed by atoms with E-state index in [-0.39, 0.29) is 10.9 Å². The van der Waals surface area contributed by atoms with Crippen LogP contribution in [0.15, 0.2) is 42.2 Å². The number of aromatic amines is 1. The van der Waals surface area contributed by atoms with Gasteiger partial charge in [0.2, 0.25) is 0 Å². The minimum absolute atomic E-state index is 0.229. The monoisotopic (exact) mass is 498 g/mol. The van der Waals surface area contributed by atoms with Gasteiger partial charge in [-0.25, -0.2) is 9.97 Å². The number of benzene rings is 2. The maximum absolute atomic E-state index is 13.1. The fourth-order valence-corrected chi connectivity index (χ4v) is 4.89. The third kappa shape index (κ3) is 3.84. The highest BCUT2D eigenvalue weighted by atomic mass is 35.5. The number of carbonyl (C=O) groups is 1. The van der Waals surface area contributed by atoms with Gasteiger partial charge < -0.3 is 15.4 Å². The zero-order valence-electron chi connectivity index (χ0n) is 17.4. The summed E-state index contributed by atoms with van der Waals surface area (Å²) >= 11 is 14.2. The average molecular weight is 499 g/mol. The van der Waals surface area contributed by atoms with Crippen LogP contribution in [-0.4, -0.2) is 33.2 Å². The number of fused-ring (bicyclic) bond motifs is 2. The highest BCUT2D eigenvalue weighted by molar-refractivity contribution is 7.18. The maximum atomic E-state index is 13.1. The topological polar surface area (TPSA) is 105 Å². The molecule has 2 aromatic carbocycles. The molecule has 3 N–H and O–H groups in total. The molecule has 3 heterocycles. The minimum atomic E-state index is -0.388. The van der Waals surface area contributed by atoms with Gasteiger partial charge in [-0.2, -0.15) is 5.10 Å². The largest absolute Gasteiger partial charge is 0.495 e. The standard InChI is InChI=1S/C22H16Cl2N6O2S/c1-10-5-15(32-2)17(24)19(16(10)23)29-22(31)13-8-33-20-18(13)25-9-26-21(20)28-12-4-3-11-7-27-30-14(11)6-12/h3-9H,1-2H3,(H,27,30)(H,29,31)(H,25,26,28). The Labute approximate surface area is 201 Å². The van der Waals surface area contributed by atoms with E-state index in [4.69, 9.17) is 27.9 Å². The first-order valence-electron chi connectivity index (χ1n) is 9.72. The van der Waals surface area contributed by atoms with Crippen molar-refractivity contribution in [3.63, 3.8) is 0 Å². The summed E-state index contributed by atoms with van der Waals surface area (Å²) in [6.07, 6.45) is 3.17. The lowest BCUT2D eigenvalue weighted by Gasteiger charge is -2.14. The van der Waals surface area contributed by atoms with E-state index in [1.807, 2.05) is 25.1 Å². The molecule has 0 bridgehead atoms. The lowest BCUT2D eigenvalue weighted by atomic mass is 10.2. The van der Waals surface area contributed by atoms with Crippen molar-refractivity contribution in [1.82, 2.24) is 20.2 Å². The number of thiophene rings is 1. The number of amides is 1. The number of ether oxygens (including phenoxy) is 1. The predicted molar refractivity (Wildman–Crippen MR) is 132 cm³/mol. The van der Waals surface area contributed by atoms with E-state index in [0.29, 0.717) is 33.4 Å². The van der Waals surface area contributed by atoms with Gasteiger partial charge in [-0.15, -0.1) is 11.3 Å². The number of nitrogens with one attached hydrogen (secondary N) is 3. The van der Waals surface area contributed by atoms with Crippen LogP contribution in [-0.2, 0) is 0 Å². The van der Waals surface area contributed by atoms with Crippen molar-refractivity contribution >= 4 is 78.8 Å². The third-order valence-corrected chi connectivity index (χ3v) is 6.95. The van der Waals surface area contributed by atoms with Crippen LogP contribution >= 0.6 is 34.5 Å². The van der Waals surface area contributed by atoms with Crippen molar-refractivity contribution in [2.24, 2.45) is 0 Å². The number of methoxy groups -OCH3 is 1. The molecule has 1 amide bonds. The quantitative estimate of drug-likeness (QED) is 0.267. The molecule has 0 radical (unpaired) electrons. The predicted octanol–water partition coefficient (Wildman–Crippen LogP) is 6.19. The van der Waals surface area contributed by atoms with E-state index >= 15 is 0 Å². The van der Waals surface area contributed by atoms with Crippen LogP contribution in [0.2, 0.25) is 10.0 Å². The van der Waals surface area contributed by atoms with E-state index in [1.165, 1.54) is 24.8 Å². The van der Waals surface area contributed by atoms with Crippen LogP contribution in [0.3, 0.4) is 0 Å². The van der Waals surface area contributed by atoms with Crippen LogP contribution in [0.1, 0.15) is 15.9 Å². The summed E-state index contributed by atoms with van der Waals surface area (Å²) in [5.74, 6) is 0.629. The highest BCUT2D eigenvalue weighted by Gasteiger charge is 2.21. The summed E-state index contributed by atoms with van der Waals surface area (Å²) in [5, 5.41) is 16.4. The number of halogens is 2. The van der Waals surface area contributed by atoms with Crippen LogP contribution < -0.4 is 15.4 Å². The van der Waals surface area contributed by atoms with E-state index in [1.54, 1.807) is 17.6 Å². The SMILES string of the molecule is COc1cc(C)c(Cl)c(NC(=O)c2csc3c(Nc4ccc5cn[nH]c5c4)ncnc23)c1Cl. The Morgan fingerprint density at radius 2 is 2.03 bits per heavy atom. The summed E-state index contributed by atoms with van der Waals surface area (Å²) < 4.78 is 6.03. The molecule has 0 aliphatic rings. The van der Waals surface area contributed by atoms with Crippen molar-refractivity contribution in [2.45, 2.75) is 6.92 Å². The molecular weight excluding hydrogens is 483 g/mol. The Bertz CT molecular complexity index is 1530. The van der Waals surface area contributed by atoms with Gasteiger partial charge in [0.25, 0.3) is 5.91 Å². The second kappa shape index (κ2) is 8.51. The van der Waals surface area contributed by atoms with Gasteiger partial charge in [0.15, 0.2) is 5.82 Å². The van der Waals surface area contributed by atoms with E-state index < -0.39 is 0 Å². The van der Waals surface area contributed by atoms with Gasteiger partial charge in [-0.05, 0) is 36.8 Å².